The fourth-order valence-electron chi connectivity index (χ4n) is 2.75. The van der Waals surface area contributed by atoms with Gasteiger partial charge in [0.25, 0.3) is 0 Å². The first-order valence-corrected chi connectivity index (χ1v) is 11.0. The number of ether oxygens (including phenoxy) is 2. The molecule has 0 amide bonds. The third-order valence-corrected chi connectivity index (χ3v) is 5.81. The van der Waals surface area contributed by atoms with Crippen molar-refractivity contribution in [3.05, 3.63) is 58.6 Å². The SMILES string of the molecule is COC(=O)c1cc(Cl)ccc1NS(=O)(=O)CCCN(C)Cc1ccc(OC)cc1. The van der Waals surface area contributed by atoms with E-state index in [-0.39, 0.29) is 17.0 Å². The maximum atomic E-state index is 12.4. The molecule has 158 valence electrons. The van der Waals surface area contributed by atoms with Crippen LogP contribution in [0.1, 0.15) is 22.3 Å². The molecule has 2 aromatic carbocycles. The summed E-state index contributed by atoms with van der Waals surface area (Å²) in [6.45, 7) is 1.29. The average Bonchev–Trinajstić information content (AvgIpc) is 2.69. The minimum absolute atomic E-state index is 0.0696. The normalized spacial score (nSPS) is 11.3. The summed E-state index contributed by atoms with van der Waals surface area (Å²) in [5.41, 5.74) is 1.33. The highest BCUT2D eigenvalue weighted by Crippen LogP contribution is 2.23. The Morgan fingerprint density at radius 2 is 1.83 bits per heavy atom. The minimum Gasteiger partial charge on any atom is -0.497 e. The van der Waals surface area contributed by atoms with Crippen LogP contribution in [-0.2, 0) is 21.3 Å². The molecule has 0 bridgehead atoms. The van der Waals surface area contributed by atoms with Gasteiger partial charge in [0.15, 0.2) is 0 Å². The van der Waals surface area contributed by atoms with Gasteiger partial charge < -0.3 is 14.4 Å². The topological polar surface area (TPSA) is 84.9 Å². The minimum atomic E-state index is -3.63. The van der Waals surface area contributed by atoms with Crippen LogP contribution in [0.3, 0.4) is 0 Å². The number of hydrogen-bond donors (Lipinski definition) is 1. The predicted molar refractivity (Wildman–Crippen MR) is 114 cm³/mol. The first kappa shape index (κ1) is 23.0. The van der Waals surface area contributed by atoms with Crippen molar-refractivity contribution in [3.63, 3.8) is 0 Å². The molecule has 1 N–H and O–H groups in total. The number of esters is 1. The Morgan fingerprint density at radius 3 is 2.45 bits per heavy atom. The summed E-state index contributed by atoms with van der Waals surface area (Å²) in [5, 5.41) is 0.313. The Morgan fingerprint density at radius 1 is 1.14 bits per heavy atom. The molecule has 0 aliphatic carbocycles. The van der Waals surface area contributed by atoms with E-state index in [0.29, 0.717) is 24.5 Å². The molecule has 29 heavy (non-hydrogen) atoms. The fourth-order valence-corrected chi connectivity index (χ4v) is 4.05. The third-order valence-electron chi connectivity index (χ3n) is 4.22. The molecule has 0 radical (unpaired) electrons. The van der Waals surface area contributed by atoms with Gasteiger partial charge in [0, 0.05) is 11.6 Å². The first-order chi connectivity index (χ1) is 13.7. The Kier molecular flexibility index (Phi) is 8.31. The number of nitrogens with one attached hydrogen (secondary N) is 1. The average molecular weight is 441 g/mol. The number of methoxy groups -OCH3 is 2. The van der Waals surface area contributed by atoms with Gasteiger partial charge in [-0.05, 0) is 55.9 Å². The molecule has 0 saturated carbocycles. The van der Waals surface area contributed by atoms with Gasteiger partial charge in [-0.15, -0.1) is 0 Å². The van der Waals surface area contributed by atoms with Crippen molar-refractivity contribution in [2.45, 2.75) is 13.0 Å². The molecule has 0 aliphatic heterocycles. The maximum Gasteiger partial charge on any atom is 0.340 e. The molecule has 2 rings (SSSR count). The number of benzene rings is 2. The summed E-state index contributed by atoms with van der Waals surface area (Å²) in [6.07, 6.45) is 0.434. The van der Waals surface area contributed by atoms with Crippen LogP contribution in [0.25, 0.3) is 0 Å². The number of rotatable bonds is 10. The highest BCUT2D eigenvalue weighted by molar-refractivity contribution is 7.92. The summed E-state index contributed by atoms with van der Waals surface area (Å²) in [7, 11) is 1.14. The van der Waals surface area contributed by atoms with Gasteiger partial charge in [-0.25, -0.2) is 13.2 Å². The van der Waals surface area contributed by atoms with E-state index < -0.39 is 16.0 Å². The number of carbonyl (C=O) groups excluding carboxylic acids is 1. The molecule has 0 saturated heterocycles. The molecular formula is C20H25ClN2O5S. The van der Waals surface area contributed by atoms with Crippen molar-refractivity contribution < 1.29 is 22.7 Å². The van der Waals surface area contributed by atoms with Gasteiger partial charge >= 0.3 is 5.97 Å². The van der Waals surface area contributed by atoms with Gasteiger partial charge in [0.1, 0.15) is 5.75 Å². The number of halogens is 1. The molecule has 0 atom stereocenters. The van der Waals surface area contributed by atoms with Gasteiger partial charge in [0.2, 0.25) is 10.0 Å². The number of carbonyl (C=O) groups is 1. The number of sulfonamides is 1. The van der Waals surface area contributed by atoms with Crippen LogP contribution >= 0.6 is 11.6 Å². The van der Waals surface area contributed by atoms with E-state index in [4.69, 9.17) is 16.3 Å². The zero-order valence-electron chi connectivity index (χ0n) is 16.6. The summed E-state index contributed by atoms with van der Waals surface area (Å²) in [6, 6.07) is 12.1. The Bertz CT molecular complexity index is 932. The van der Waals surface area contributed by atoms with Crippen LogP contribution in [0.4, 0.5) is 5.69 Å². The zero-order chi connectivity index (χ0) is 21.4. The molecule has 0 aromatic heterocycles. The van der Waals surface area contributed by atoms with Crippen molar-refractivity contribution in [3.8, 4) is 5.75 Å². The number of nitrogens with zero attached hydrogens (tertiary/aromatic N) is 1. The van der Waals surface area contributed by atoms with Crippen LogP contribution in [0.2, 0.25) is 5.02 Å². The van der Waals surface area contributed by atoms with Gasteiger partial charge in [0.05, 0.1) is 31.2 Å². The first-order valence-electron chi connectivity index (χ1n) is 8.94. The molecule has 0 fully saturated rings. The van der Waals surface area contributed by atoms with E-state index in [1.807, 2.05) is 36.2 Å². The predicted octanol–water partition coefficient (Wildman–Crippen LogP) is 3.40. The van der Waals surface area contributed by atoms with E-state index in [1.165, 1.54) is 25.3 Å². The molecule has 2 aromatic rings. The van der Waals surface area contributed by atoms with Crippen molar-refractivity contribution in [2.75, 3.05) is 38.3 Å². The van der Waals surface area contributed by atoms with Crippen LogP contribution in [0.5, 0.6) is 5.75 Å². The molecule has 7 nitrogen and oxygen atoms in total. The second-order valence-electron chi connectivity index (χ2n) is 6.54. The molecular weight excluding hydrogens is 416 g/mol. The molecule has 0 spiro atoms. The fraction of sp³-hybridized carbons (Fsp3) is 0.350. The van der Waals surface area contributed by atoms with Gasteiger partial charge in [-0.1, -0.05) is 23.7 Å². The molecule has 9 heteroatoms. The quantitative estimate of drug-likeness (QED) is 0.570. The monoisotopic (exact) mass is 440 g/mol. The van der Waals surface area contributed by atoms with Crippen molar-refractivity contribution in [1.82, 2.24) is 4.90 Å². The maximum absolute atomic E-state index is 12.4. The molecule has 0 unspecified atom stereocenters. The lowest BCUT2D eigenvalue weighted by Gasteiger charge is -2.17. The number of hydrogen-bond acceptors (Lipinski definition) is 6. The Balaban J connectivity index is 1.90. The second-order valence-corrected chi connectivity index (χ2v) is 8.82. The standard InChI is InChI=1S/C20H25ClN2O5S/c1-23(14-15-5-8-17(27-2)9-6-15)11-4-12-29(25,26)22-19-10-7-16(21)13-18(19)20(24)28-3/h5-10,13,22H,4,11-12,14H2,1-3H3. The van der Waals surface area contributed by atoms with Crippen LogP contribution in [0, 0.1) is 0 Å². The molecule has 0 heterocycles. The van der Waals surface area contributed by atoms with Crippen LogP contribution in [0.15, 0.2) is 42.5 Å². The number of anilines is 1. The summed E-state index contributed by atoms with van der Waals surface area (Å²) in [4.78, 5) is 13.9. The van der Waals surface area contributed by atoms with Crippen molar-refractivity contribution >= 4 is 33.3 Å². The van der Waals surface area contributed by atoms with Crippen molar-refractivity contribution in [1.29, 1.82) is 0 Å². The lowest BCUT2D eigenvalue weighted by atomic mass is 10.2. The third kappa shape index (κ3) is 7.23. The van der Waals surface area contributed by atoms with Gasteiger partial charge in [-0.2, -0.15) is 0 Å². The largest absolute Gasteiger partial charge is 0.497 e. The van der Waals surface area contributed by atoms with E-state index in [9.17, 15) is 13.2 Å². The second kappa shape index (κ2) is 10.5. The lowest BCUT2D eigenvalue weighted by molar-refractivity contribution is 0.0602. The summed E-state index contributed by atoms with van der Waals surface area (Å²) < 4.78 is 37.1. The van der Waals surface area contributed by atoms with E-state index >= 15 is 0 Å². The van der Waals surface area contributed by atoms with Crippen LogP contribution in [-0.4, -0.2) is 52.9 Å². The smallest absolute Gasteiger partial charge is 0.340 e. The molecule has 0 aliphatic rings. The highest BCUT2D eigenvalue weighted by Gasteiger charge is 2.18. The van der Waals surface area contributed by atoms with Crippen molar-refractivity contribution in [2.24, 2.45) is 0 Å². The Labute approximate surface area is 176 Å². The van der Waals surface area contributed by atoms with E-state index in [0.717, 1.165) is 11.3 Å². The summed E-state index contributed by atoms with van der Waals surface area (Å²) >= 11 is 5.89. The van der Waals surface area contributed by atoms with Crippen LogP contribution < -0.4 is 9.46 Å². The highest BCUT2D eigenvalue weighted by atomic mass is 35.5. The van der Waals surface area contributed by atoms with Gasteiger partial charge in [-0.3, -0.25) is 4.72 Å². The zero-order valence-corrected chi connectivity index (χ0v) is 18.2. The van der Waals surface area contributed by atoms with E-state index in [2.05, 4.69) is 9.46 Å². The summed E-state index contributed by atoms with van der Waals surface area (Å²) in [5.74, 6) is 0.0509. The Hall–Kier alpha value is -2.29. The lowest BCUT2D eigenvalue weighted by Crippen LogP contribution is -2.24. The van der Waals surface area contributed by atoms with E-state index in [1.54, 1.807) is 7.11 Å².